The number of aromatic nitrogens is 1. The highest BCUT2D eigenvalue weighted by molar-refractivity contribution is 5.81. The zero-order valence-electron chi connectivity index (χ0n) is 14.4. The molecular weight excluding hydrogens is 314 g/mol. The van der Waals surface area contributed by atoms with E-state index >= 15 is 0 Å². The molecule has 1 saturated heterocycles. The number of nitrogens with one attached hydrogen (secondary N) is 1. The van der Waals surface area contributed by atoms with Crippen molar-refractivity contribution in [1.29, 1.82) is 0 Å². The summed E-state index contributed by atoms with van der Waals surface area (Å²) in [6.45, 7) is 2.61. The molecule has 25 heavy (non-hydrogen) atoms. The number of fused-ring (bicyclic) bond motifs is 1. The van der Waals surface area contributed by atoms with Crippen molar-refractivity contribution in [1.82, 2.24) is 15.2 Å². The van der Waals surface area contributed by atoms with Crippen LogP contribution in [0.15, 0.2) is 36.4 Å². The van der Waals surface area contributed by atoms with Gasteiger partial charge in [-0.15, -0.1) is 0 Å². The average Bonchev–Trinajstić information content (AvgIpc) is 3.45. The van der Waals surface area contributed by atoms with Crippen molar-refractivity contribution in [3.05, 3.63) is 42.1 Å². The first-order valence-electron chi connectivity index (χ1n) is 9.24. The third-order valence-electron chi connectivity index (χ3n) is 5.31. The summed E-state index contributed by atoms with van der Waals surface area (Å²) in [6.07, 6.45) is 2.95. The lowest BCUT2D eigenvalue weighted by Crippen LogP contribution is -2.45. The zero-order valence-corrected chi connectivity index (χ0v) is 14.4. The van der Waals surface area contributed by atoms with E-state index in [1.807, 2.05) is 18.2 Å². The molecule has 132 valence electrons. The van der Waals surface area contributed by atoms with Crippen molar-refractivity contribution in [2.24, 2.45) is 5.92 Å². The monoisotopic (exact) mass is 339 g/mol. The Morgan fingerprint density at radius 3 is 2.68 bits per heavy atom. The summed E-state index contributed by atoms with van der Waals surface area (Å²) in [6, 6.07) is 12.7. The number of hydrogen-bond acceptors (Lipinski definition) is 4. The molecule has 2 heterocycles. The molecule has 2 aromatic rings. The highest BCUT2D eigenvalue weighted by Crippen LogP contribution is 2.24. The smallest absolute Gasteiger partial charge is 0.249 e. The van der Waals surface area contributed by atoms with Crippen LogP contribution >= 0.6 is 0 Å². The molecule has 0 spiro atoms. The van der Waals surface area contributed by atoms with Crippen LogP contribution in [-0.4, -0.2) is 46.1 Å². The topological polar surface area (TPSA) is 65.5 Å². The largest absolute Gasteiger partial charge is 0.383 e. The lowest BCUT2D eigenvalue weighted by molar-refractivity contribution is -0.133. The summed E-state index contributed by atoms with van der Waals surface area (Å²) in [5, 5.41) is 14.3. The van der Waals surface area contributed by atoms with E-state index in [9.17, 15) is 9.90 Å². The van der Waals surface area contributed by atoms with Crippen molar-refractivity contribution in [3.8, 4) is 0 Å². The van der Waals surface area contributed by atoms with Gasteiger partial charge in [0.05, 0.1) is 11.2 Å². The second-order valence-corrected chi connectivity index (χ2v) is 7.34. The molecule has 0 radical (unpaired) electrons. The summed E-state index contributed by atoms with van der Waals surface area (Å²) in [5.74, 6) is -0.114. The van der Waals surface area contributed by atoms with Gasteiger partial charge in [-0.2, -0.15) is 0 Å². The Kier molecular flexibility index (Phi) is 4.68. The quantitative estimate of drug-likeness (QED) is 0.875. The number of nitrogens with zero attached hydrogens (tertiary/aromatic N) is 2. The molecule has 0 unspecified atom stereocenters. The number of aliphatic hydroxyl groups excluding tert-OH is 1. The fourth-order valence-corrected chi connectivity index (χ4v) is 3.58. The van der Waals surface area contributed by atoms with E-state index in [4.69, 9.17) is 4.98 Å². The Hall–Kier alpha value is -1.98. The van der Waals surface area contributed by atoms with Crippen LogP contribution in [0.25, 0.3) is 10.9 Å². The molecule has 2 aliphatic rings. The maximum Gasteiger partial charge on any atom is 0.249 e. The van der Waals surface area contributed by atoms with Crippen LogP contribution in [0.5, 0.6) is 0 Å². The average molecular weight is 339 g/mol. The molecule has 1 aromatic carbocycles. The van der Waals surface area contributed by atoms with E-state index in [1.54, 1.807) is 0 Å². The molecule has 1 atom stereocenters. The van der Waals surface area contributed by atoms with Crippen molar-refractivity contribution in [2.45, 2.75) is 44.4 Å². The molecule has 1 amide bonds. The van der Waals surface area contributed by atoms with Gasteiger partial charge in [-0.05, 0) is 56.8 Å². The van der Waals surface area contributed by atoms with E-state index in [1.165, 1.54) is 0 Å². The first-order valence-corrected chi connectivity index (χ1v) is 9.24. The molecule has 1 aliphatic carbocycles. The van der Waals surface area contributed by atoms with Crippen LogP contribution in [-0.2, 0) is 11.3 Å². The molecular formula is C20H25N3O2. The van der Waals surface area contributed by atoms with Crippen molar-refractivity contribution in [3.63, 3.8) is 0 Å². The Labute approximate surface area is 148 Å². The predicted molar refractivity (Wildman–Crippen MR) is 96.9 cm³/mol. The number of likely N-dealkylation sites (tertiary alicyclic amines) is 1. The third kappa shape index (κ3) is 3.99. The first kappa shape index (κ1) is 16.5. The van der Waals surface area contributed by atoms with Crippen LogP contribution in [0.1, 0.15) is 31.4 Å². The van der Waals surface area contributed by atoms with Gasteiger partial charge < -0.3 is 10.4 Å². The van der Waals surface area contributed by atoms with E-state index in [0.717, 1.165) is 61.9 Å². The van der Waals surface area contributed by atoms with Crippen LogP contribution in [0.2, 0.25) is 0 Å². The van der Waals surface area contributed by atoms with Gasteiger partial charge in [-0.1, -0.05) is 24.3 Å². The standard InChI is InChI=1S/C20H25N3O2/c24-19(20(25)22-16-7-8-16)15-9-11-23(12-10-15)13-17-6-5-14-3-1-2-4-18(14)21-17/h1-6,15-16,19,24H,7-13H2,(H,22,25)/t19-/m1/s1. The molecule has 5 heteroatoms. The Bertz CT molecular complexity index is 751. The summed E-state index contributed by atoms with van der Waals surface area (Å²) in [5.41, 5.74) is 2.10. The number of hydrogen-bond donors (Lipinski definition) is 2. The van der Waals surface area contributed by atoms with E-state index in [-0.39, 0.29) is 11.8 Å². The van der Waals surface area contributed by atoms with Crippen molar-refractivity contribution in [2.75, 3.05) is 13.1 Å². The van der Waals surface area contributed by atoms with Gasteiger partial charge in [-0.3, -0.25) is 14.7 Å². The van der Waals surface area contributed by atoms with Gasteiger partial charge in [0.1, 0.15) is 6.10 Å². The molecule has 0 bridgehead atoms. The molecule has 2 fully saturated rings. The Morgan fingerprint density at radius 1 is 1.16 bits per heavy atom. The number of pyridine rings is 1. The minimum atomic E-state index is -0.860. The minimum Gasteiger partial charge on any atom is -0.383 e. The van der Waals surface area contributed by atoms with E-state index in [2.05, 4.69) is 28.4 Å². The van der Waals surface area contributed by atoms with Crippen LogP contribution in [0, 0.1) is 5.92 Å². The second-order valence-electron chi connectivity index (χ2n) is 7.34. The van der Waals surface area contributed by atoms with Gasteiger partial charge in [0.25, 0.3) is 0 Å². The van der Waals surface area contributed by atoms with E-state index in [0.29, 0.717) is 6.04 Å². The van der Waals surface area contributed by atoms with Gasteiger partial charge in [0, 0.05) is 18.0 Å². The maximum atomic E-state index is 12.0. The third-order valence-corrected chi connectivity index (χ3v) is 5.31. The van der Waals surface area contributed by atoms with Crippen LogP contribution in [0.3, 0.4) is 0 Å². The fraction of sp³-hybridized carbons (Fsp3) is 0.500. The SMILES string of the molecule is O=C(NC1CC1)[C@H](O)C1CCN(Cc2ccc3ccccc3n2)CC1. The Balaban J connectivity index is 1.31. The number of piperidine rings is 1. The highest BCUT2D eigenvalue weighted by Gasteiger charge is 2.32. The summed E-state index contributed by atoms with van der Waals surface area (Å²) in [4.78, 5) is 19.1. The molecule has 4 rings (SSSR count). The normalized spacial score (nSPS) is 20.5. The lowest BCUT2D eigenvalue weighted by atomic mass is 9.90. The number of benzene rings is 1. The first-order chi connectivity index (χ1) is 12.2. The van der Waals surface area contributed by atoms with E-state index < -0.39 is 6.10 Å². The lowest BCUT2D eigenvalue weighted by Gasteiger charge is -2.33. The van der Waals surface area contributed by atoms with Crippen molar-refractivity contribution < 1.29 is 9.90 Å². The molecule has 1 saturated carbocycles. The molecule has 1 aromatic heterocycles. The molecule has 1 aliphatic heterocycles. The maximum absolute atomic E-state index is 12.0. The molecule has 2 N–H and O–H groups in total. The number of amides is 1. The van der Waals surface area contributed by atoms with Crippen LogP contribution < -0.4 is 5.32 Å². The minimum absolute atomic E-state index is 0.0690. The second kappa shape index (κ2) is 7.10. The highest BCUT2D eigenvalue weighted by atomic mass is 16.3. The molecule has 5 nitrogen and oxygen atoms in total. The number of rotatable bonds is 5. The van der Waals surface area contributed by atoms with Gasteiger partial charge in [-0.25, -0.2) is 0 Å². The summed E-state index contributed by atoms with van der Waals surface area (Å²) < 4.78 is 0. The Morgan fingerprint density at radius 2 is 1.92 bits per heavy atom. The van der Waals surface area contributed by atoms with Crippen LogP contribution in [0.4, 0.5) is 0 Å². The van der Waals surface area contributed by atoms with Gasteiger partial charge >= 0.3 is 0 Å². The van der Waals surface area contributed by atoms with Gasteiger partial charge in [0.15, 0.2) is 0 Å². The summed E-state index contributed by atoms with van der Waals surface area (Å²) in [7, 11) is 0. The van der Waals surface area contributed by atoms with Gasteiger partial charge in [0.2, 0.25) is 5.91 Å². The number of carbonyl (C=O) groups is 1. The fourth-order valence-electron chi connectivity index (χ4n) is 3.58. The predicted octanol–water partition coefficient (Wildman–Crippen LogP) is 2.09. The number of para-hydroxylation sites is 1. The number of carbonyl (C=O) groups excluding carboxylic acids is 1. The zero-order chi connectivity index (χ0) is 17.2. The summed E-state index contributed by atoms with van der Waals surface area (Å²) >= 11 is 0. The number of aliphatic hydroxyl groups is 1. The van der Waals surface area contributed by atoms with Crippen molar-refractivity contribution >= 4 is 16.8 Å².